The number of hydrogen-bond acceptors (Lipinski definition) is 6. The second-order valence-electron chi connectivity index (χ2n) is 7.98. The van der Waals surface area contributed by atoms with Gasteiger partial charge in [-0.05, 0) is 23.8 Å². The molecule has 3 aromatic carbocycles. The molecule has 1 N–H and O–H groups in total. The normalized spacial score (nSPS) is 12.2. The number of para-hydroxylation sites is 1. The van der Waals surface area contributed by atoms with Crippen LogP contribution in [-0.4, -0.2) is 26.4 Å². The van der Waals surface area contributed by atoms with Gasteiger partial charge in [0.1, 0.15) is 5.69 Å². The SMILES string of the molecule is N#CC(C(=O)Nc1ccccc1)C(=O)c1nn(-c2cccc([N+](=O)[O-])c2)c2c1Cc1ccccc1-2. The number of hydrogen-bond donors (Lipinski definition) is 1. The van der Waals surface area contributed by atoms with Crippen LogP contribution in [0.1, 0.15) is 21.6 Å². The van der Waals surface area contributed by atoms with Crippen LogP contribution in [0.3, 0.4) is 0 Å². The Balaban J connectivity index is 1.59. The summed E-state index contributed by atoms with van der Waals surface area (Å²) < 4.78 is 1.48. The number of Topliss-reactive ketones (excluding diaryl/α,β-unsaturated/α-hetero) is 1. The van der Waals surface area contributed by atoms with Crippen molar-refractivity contribution in [1.29, 1.82) is 5.26 Å². The molecular formula is C26H17N5O4. The van der Waals surface area contributed by atoms with Gasteiger partial charge in [0.25, 0.3) is 5.69 Å². The summed E-state index contributed by atoms with van der Waals surface area (Å²) in [7, 11) is 0. The van der Waals surface area contributed by atoms with Crippen molar-refractivity contribution in [3.05, 3.63) is 106 Å². The molecule has 0 aliphatic heterocycles. The lowest BCUT2D eigenvalue weighted by molar-refractivity contribution is -0.384. The number of non-ortho nitro benzene ring substituents is 1. The lowest BCUT2D eigenvalue weighted by atomic mass is 9.98. The first-order valence-electron chi connectivity index (χ1n) is 10.7. The molecule has 1 aromatic heterocycles. The molecule has 0 saturated heterocycles. The van der Waals surface area contributed by atoms with Crippen LogP contribution in [0.2, 0.25) is 0 Å². The zero-order chi connectivity index (χ0) is 24.5. The van der Waals surface area contributed by atoms with E-state index in [2.05, 4.69) is 10.4 Å². The van der Waals surface area contributed by atoms with Gasteiger partial charge in [0.15, 0.2) is 5.92 Å². The van der Waals surface area contributed by atoms with E-state index in [9.17, 15) is 25.0 Å². The highest BCUT2D eigenvalue weighted by molar-refractivity contribution is 6.16. The predicted octanol–water partition coefficient (Wildman–Crippen LogP) is 4.31. The van der Waals surface area contributed by atoms with Gasteiger partial charge < -0.3 is 5.32 Å². The van der Waals surface area contributed by atoms with E-state index in [0.717, 1.165) is 11.1 Å². The van der Waals surface area contributed by atoms with Crippen molar-refractivity contribution in [2.24, 2.45) is 5.92 Å². The highest BCUT2D eigenvalue weighted by atomic mass is 16.6. The van der Waals surface area contributed by atoms with E-state index in [4.69, 9.17) is 0 Å². The molecule has 1 aliphatic carbocycles. The van der Waals surface area contributed by atoms with Crippen LogP contribution < -0.4 is 5.32 Å². The molecule has 1 heterocycles. The average Bonchev–Trinajstić information content (AvgIpc) is 3.42. The smallest absolute Gasteiger partial charge is 0.271 e. The van der Waals surface area contributed by atoms with E-state index in [0.29, 0.717) is 29.1 Å². The number of anilines is 1. The summed E-state index contributed by atoms with van der Waals surface area (Å²) >= 11 is 0. The van der Waals surface area contributed by atoms with Crippen molar-refractivity contribution >= 4 is 23.1 Å². The van der Waals surface area contributed by atoms with Crippen molar-refractivity contribution in [2.45, 2.75) is 6.42 Å². The van der Waals surface area contributed by atoms with Gasteiger partial charge in [-0.1, -0.05) is 48.5 Å². The number of carbonyl (C=O) groups excluding carboxylic acids is 2. The third kappa shape index (κ3) is 3.83. The molecule has 5 rings (SSSR count). The lowest BCUT2D eigenvalue weighted by Crippen LogP contribution is -2.29. The molecule has 1 unspecified atom stereocenters. The summed E-state index contributed by atoms with van der Waals surface area (Å²) in [5, 5.41) is 28.1. The molecule has 9 heteroatoms. The molecule has 1 amide bonds. The van der Waals surface area contributed by atoms with Crippen LogP contribution in [-0.2, 0) is 11.2 Å². The number of nitrogens with one attached hydrogen (secondary N) is 1. The fraction of sp³-hybridized carbons (Fsp3) is 0.0769. The van der Waals surface area contributed by atoms with Crippen LogP contribution in [0, 0.1) is 27.4 Å². The summed E-state index contributed by atoms with van der Waals surface area (Å²) in [6, 6.07) is 23.8. The summed E-state index contributed by atoms with van der Waals surface area (Å²) in [6.45, 7) is 0. The van der Waals surface area contributed by atoms with Gasteiger partial charge >= 0.3 is 0 Å². The van der Waals surface area contributed by atoms with Gasteiger partial charge in [-0.15, -0.1) is 0 Å². The van der Waals surface area contributed by atoms with Gasteiger partial charge in [-0.3, -0.25) is 19.7 Å². The van der Waals surface area contributed by atoms with Crippen LogP contribution in [0.25, 0.3) is 16.9 Å². The minimum Gasteiger partial charge on any atom is -0.325 e. The third-order valence-electron chi connectivity index (χ3n) is 5.84. The Morgan fingerprint density at radius 3 is 2.54 bits per heavy atom. The summed E-state index contributed by atoms with van der Waals surface area (Å²) in [6.07, 6.45) is 0.389. The molecule has 170 valence electrons. The molecule has 0 fully saturated rings. The number of nitro groups is 1. The molecule has 0 radical (unpaired) electrons. The number of aromatic nitrogens is 2. The molecule has 35 heavy (non-hydrogen) atoms. The Morgan fingerprint density at radius 2 is 1.80 bits per heavy atom. The number of fused-ring (bicyclic) bond motifs is 3. The highest BCUT2D eigenvalue weighted by Crippen LogP contribution is 2.40. The van der Waals surface area contributed by atoms with E-state index >= 15 is 0 Å². The van der Waals surface area contributed by atoms with Crippen LogP contribution in [0.15, 0.2) is 78.9 Å². The fourth-order valence-corrected chi connectivity index (χ4v) is 4.22. The largest absolute Gasteiger partial charge is 0.325 e. The van der Waals surface area contributed by atoms with Gasteiger partial charge in [0.05, 0.1) is 22.4 Å². The Kier molecular flexibility index (Phi) is 5.39. The molecule has 1 atom stereocenters. The summed E-state index contributed by atoms with van der Waals surface area (Å²) in [4.78, 5) is 37.1. The third-order valence-corrected chi connectivity index (χ3v) is 5.84. The van der Waals surface area contributed by atoms with Crippen LogP contribution in [0.5, 0.6) is 0 Å². The number of amides is 1. The maximum absolute atomic E-state index is 13.5. The van der Waals surface area contributed by atoms with Crippen LogP contribution >= 0.6 is 0 Å². The maximum Gasteiger partial charge on any atom is 0.271 e. The number of nitrogens with zero attached hydrogens (tertiary/aromatic N) is 4. The number of nitriles is 1. The molecule has 9 nitrogen and oxygen atoms in total. The monoisotopic (exact) mass is 463 g/mol. The number of ketones is 1. The van der Waals surface area contributed by atoms with Crippen molar-refractivity contribution in [3.63, 3.8) is 0 Å². The number of rotatable bonds is 6. The molecule has 0 spiro atoms. The minimum absolute atomic E-state index is 0.00234. The Bertz CT molecular complexity index is 1540. The maximum atomic E-state index is 13.5. The Labute approximate surface area is 199 Å². The molecule has 1 aliphatic rings. The van der Waals surface area contributed by atoms with Gasteiger partial charge in [-0.25, -0.2) is 4.68 Å². The number of benzene rings is 3. The van der Waals surface area contributed by atoms with Crippen molar-refractivity contribution < 1.29 is 14.5 Å². The van der Waals surface area contributed by atoms with Gasteiger partial charge in [0, 0.05) is 35.4 Å². The second-order valence-corrected chi connectivity index (χ2v) is 7.98. The first kappa shape index (κ1) is 21.7. The lowest BCUT2D eigenvalue weighted by Gasteiger charge is -2.09. The van der Waals surface area contributed by atoms with Gasteiger partial charge in [0.2, 0.25) is 11.7 Å². The molecular weight excluding hydrogens is 446 g/mol. The minimum atomic E-state index is -1.61. The van der Waals surface area contributed by atoms with Crippen LogP contribution in [0.4, 0.5) is 11.4 Å². The molecule has 4 aromatic rings. The molecule has 0 bridgehead atoms. The van der Waals surface area contributed by atoms with E-state index in [1.807, 2.05) is 24.3 Å². The second kappa shape index (κ2) is 8.68. The van der Waals surface area contributed by atoms with E-state index in [1.165, 1.54) is 22.9 Å². The zero-order valence-corrected chi connectivity index (χ0v) is 18.2. The average molecular weight is 463 g/mol. The van der Waals surface area contributed by atoms with E-state index < -0.39 is 22.5 Å². The van der Waals surface area contributed by atoms with Crippen molar-refractivity contribution in [3.8, 4) is 23.0 Å². The topological polar surface area (TPSA) is 131 Å². The summed E-state index contributed by atoms with van der Waals surface area (Å²) in [5.74, 6) is -3.09. The Hall–Kier alpha value is -5.10. The number of carbonyl (C=O) groups is 2. The standard InChI is InChI=1S/C26H17N5O4/c27-15-22(26(33)28-17-8-2-1-3-9-17)25(32)23-21-13-16-7-4-5-12-20(16)24(21)30(29-23)18-10-6-11-19(14-18)31(34)35/h1-12,14,22H,13H2,(H,28,33). The van der Waals surface area contributed by atoms with Gasteiger partial charge in [-0.2, -0.15) is 10.4 Å². The van der Waals surface area contributed by atoms with Crippen molar-refractivity contribution in [1.82, 2.24) is 9.78 Å². The predicted molar refractivity (Wildman–Crippen MR) is 127 cm³/mol. The quantitative estimate of drug-likeness (QED) is 0.173. The highest BCUT2D eigenvalue weighted by Gasteiger charge is 2.36. The van der Waals surface area contributed by atoms with E-state index in [1.54, 1.807) is 42.5 Å². The first-order valence-corrected chi connectivity index (χ1v) is 10.7. The fourth-order valence-electron chi connectivity index (χ4n) is 4.22. The van der Waals surface area contributed by atoms with Crippen molar-refractivity contribution in [2.75, 3.05) is 5.32 Å². The first-order chi connectivity index (χ1) is 17.0. The zero-order valence-electron chi connectivity index (χ0n) is 18.2. The molecule has 0 saturated carbocycles. The number of nitro benzene ring substituents is 1. The summed E-state index contributed by atoms with van der Waals surface area (Å²) in [5.41, 5.74) is 3.72. The van der Waals surface area contributed by atoms with E-state index in [-0.39, 0.29) is 11.4 Å². The Morgan fingerprint density at radius 1 is 1.06 bits per heavy atom.